The van der Waals surface area contributed by atoms with Crippen LogP contribution in [0.4, 0.5) is 9.59 Å². The molecule has 112 valence electrons. The van der Waals surface area contributed by atoms with Gasteiger partial charge in [-0.15, -0.1) is 0 Å². The van der Waals surface area contributed by atoms with E-state index in [4.69, 9.17) is 40.5 Å². The molecule has 0 aliphatic carbocycles. The summed E-state index contributed by atoms with van der Waals surface area (Å²) in [4.78, 5) is 24.8. The highest BCUT2D eigenvalue weighted by atomic mass is 17.5. The van der Waals surface area contributed by atoms with Crippen molar-refractivity contribution in [1.82, 2.24) is 0 Å². The summed E-state index contributed by atoms with van der Waals surface area (Å²) in [5.41, 5.74) is 0. The van der Waals surface area contributed by atoms with Crippen LogP contribution in [0.5, 0.6) is 0 Å². The SMILES string of the molecule is CC(C)OO.CCOOO.O=C(O)O.O=C(O)O. The highest BCUT2D eigenvalue weighted by molar-refractivity contribution is 5.53. The molecule has 18 heavy (non-hydrogen) atoms. The number of rotatable bonds is 3. The van der Waals surface area contributed by atoms with Crippen molar-refractivity contribution in [1.29, 1.82) is 0 Å². The molecule has 0 unspecified atom stereocenters. The summed E-state index contributed by atoms with van der Waals surface area (Å²) in [5, 5.41) is 46.1. The molecule has 0 radical (unpaired) electrons. The first-order valence-corrected chi connectivity index (χ1v) is 4.22. The second-order valence-electron chi connectivity index (χ2n) is 2.20. The summed E-state index contributed by atoms with van der Waals surface area (Å²) in [6.45, 7) is 5.58. The van der Waals surface area contributed by atoms with E-state index < -0.39 is 12.3 Å². The normalized spacial score (nSPS) is 7.67. The molecule has 0 bridgehead atoms. The Labute approximate surface area is 102 Å². The van der Waals surface area contributed by atoms with Crippen LogP contribution in [0.2, 0.25) is 0 Å². The summed E-state index contributed by atoms with van der Waals surface area (Å²) in [5.74, 6) is 0. The van der Waals surface area contributed by atoms with E-state index >= 15 is 0 Å². The van der Waals surface area contributed by atoms with Crippen molar-refractivity contribution in [3.05, 3.63) is 0 Å². The molecule has 0 aliphatic rings. The van der Waals surface area contributed by atoms with Crippen molar-refractivity contribution < 1.29 is 55.3 Å². The molecule has 0 fully saturated rings. The van der Waals surface area contributed by atoms with E-state index in [1.807, 2.05) is 0 Å². The fraction of sp³-hybridized carbons (Fsp3) is 0.714. The number of hydrogen-bond acceptors (Lipinski definition) is 7. The summed E-state index contributed by atoms with van der Waals surface area (Å²) >= 11 is 0. The van der Waals surface area contributed by atoms with Gasteiger partial charge in [-0.2, -0.15) is 0 Å². The Bertz CT molecular complexity index is 147. The van der Waals surface area contributed by atoms with Gasteiger partial charge in [-0.3, -0.25) is 5.26 Å². The lowest BCUT2D eigenvalue weighted by molar-refractivity contribution is -0.489. The van der Waals surface area contributed by atoms with Gasteiger partial charge in [0.05, 0.1) is 12.7 Å². The third kappa shape index (κ3) is 466. The zero-order valence-corrected chi connectivity index (χ0v) is 10.0. The number of carbonyl (C=O) groups is 2. The maximum absolute atomic E-state index is 8.56. The molecule has 11 nitrogen and oxygen atoms in total. The lowest BCUT2D eigenvalue weighted by atomic mass is 10.5. The molecule has 0 saturated carbocycles. The Balaban J connectivity index is -0.0000000731. The average Bonchev–Trinajstić information content (AvgIpc) is 2.18. The lowest BCUT2D eigenvalue weighted by Gasteiger charge is -1.91. The minimum absolute atomic E-state index is 0.0602. The molecule has 0 aliphatic heterocycles. The Hall–Kier alpha value is -1.66. The molecule has 0 aromatic carbocycles. The zero-order valence-electron chi connectivity index (χ0n) is 10.0. The molecule has 0 aromatic rings. The van der Waals surface area contributed by atoms with E-state index in [1.165, 1.54) is 0 Å². The minimum Gasteiger partial charge on any atom is -0.450 e. The molecule has 0 amide bonds. The lowest BCUT2D eigenvalue weighted by Crippen LogP contribution is -1.95. The van der Waals surface area contributed by atoms with Gasteiger partial charge in [0.15, 0.2) is 0 Å². The first-order valence-electron chi connectivity index (χ1n) is 4.22. The van der Waals surface area contributed by atoms with Gasteiger partial charge >= 0.3 is 12.3 Å². The van der Waals surface area contributed by atoms with Crippen molar-refractivity contribution in [2.45, 2.75) is 26.9 Å². The predicted octanol–water partition coefficient (Wildman–Crippen LogP) is 1.76. The van der Waals surface area contributed by atoms with Gasteiger partial charge in [0.25, 0.3) is 0 Å². The van der Waals surface area contributed by atoms with Crippen LogP contribution in [0.3, 0.4) is 0 Å². The van der Waals surface area contributed by atoms with Crippen LogP contribution in [-0.4, -0.2) is 56.0 Å². The highest BCUT2D eigenvalue weighted by Crippen LogP contribution is 1.77. The van der Waals surface area contributed by atoms with Crippen molar-refractivity contribution in [2.75, 3.05) is 6.61 Å². The van der Waals surface area contributed by atoms with Crippen LogP contribution < -0.4 is 0 Å². The predicted molar refractivity (Wildman–Crippen MR) is 55.5 cm³/mol. The largest absolute Gasteiger partial charge is 0.503 e. The molecular weight excluding hydrogens is 260 g/mol. The Kier molecular flexibility index (Phi) is 34.4. The van der Waals surface area contributed by atoms with E-state index in [1.54, 1.807) is 20.8 Å². The van der Waals surface area contributed by atoms with Crippen molar-refractivity contribution >= 4 is 12.3 Å². The van der Waals surface area contributed by atoms with Crippen molar-refractivity contribution in [3.63, 3.8) is 0 Å². The van der Waals surface area contributed by atoms with Gasteiger partial charge in [0, 0.05) is 0 Å². The maximum Gasteiger partial charge on any atom is 0.503 e. The van der Waals surface area contributed by atoms with E-state index in [-0.39, 0.29) is 6.10 Å². The fourth-order valence-electron chi connectivity index (χ4n) is 0.0527. The van der Waals surface area contributed by atoms with Crippen LogP contribution in [0.25, 0.3) is 0 Å². The van der Waals surface area contributed by atoms with E-state index in [9.17, 15) is 0 Å². The van der Waals surface area contributed by atoms with Gasteiger partial charge in [-0.05, 0) is 20.8 Å². The topological polar surface area (TPSA) is 183 Å². The molecule has 6 N–H and O–H groups in total. The molecule has 11 heteroatoms. The fourth-order valence-corrected chi connectivity index (χ4v) is 0.0527. The van der Waals surface area contributed by atoms with E-state index in [0.29, 0.717) is 6.61 Å². The Morgan fingerprint density at radius 2 is 1.22 bits per heavy atom. The average molecular weight is 278 g/mol. The van der Waals surface area contributed by atoms with Gasteiger partial charge < -0.3 is 20.4 Å². The van der Waals surface area contributed by atoms with Gasteiger partial charge in [-0.1, -0.05) is 5.04 Å². The third-order valence-corrected chi connectivity index (χ3v) is 0.381. The standard InChI is InChI=1S/C3H8O2.C2H6O3.2CH2O3/c1-3(2)5-4;1-2-4-5-3;2*2-1(3)4/h3-4H,1-2H3;3H,2H2,1H3;2*(H2,2,3,4). The van der Waals surface area contributed by atoms with Gasteiger partial charge in [0.1, 0.15) is 0 Å². The van der Waals surface area contributed by atoms with Crippen LogP contribution in [-0.2, 0) is 14.8 Å². The summed E-state index contributed by atoms with van der Waals surface area (Å²) in [7, 11) is 0. The van der Waals surface area contributed by atoms with E-state index in [0.717, 1.165) is 0 Å². The molecule has 0 spiro atoms. The van der Waals surface area contributed by atoms with Crippen molar-refractivity contribution in [3.8, 4) is 0 Å². The molecule has 0 saturated heterocycles. The maximum atomic E-state index is 8.56. The first-order chi connectivity index (χ1) is 8.15. The quantitative estimate of drug-likeness (QED) is 0.326. The van der Waals surface area contributed by atoms with E-state index in [2.05, 4.69) is 14.8 Å². The Morgan fingerprint density at radius 3 is 1.22 bits per heavy atom. The van der Waals surface area contributed by atoms with Crippen LogP contribution in [0.15, 0.2) is 0 Å². The zero-order chi connectivity index (χ0) is 15.6. The summed E-state index contributed by atoms with van der Waals surface area (Å²) in [6.07, 6.45) is -3.73. The highest BCUT2D eigenvalue weighted by Gasteiger charge is 1.81. The summed E-state index contributed by atoms with van der Waals surface area (Å²) in [6, 6.07) is 0. The van der Waals surface area contributed by atoms with Crippen LogP contribution in [0, 0.1) is 0 Å². The summed E-state index contributed by atoms with van der Waals surface area (Å²) < 4.78 is 0. The monoisotopic (exact) mass is 278 g/mol. The second kappa shape index (κ2) is 24.5. The molecule has 0 heterocycles. The number of carboxylic acid groups (broad SMARTS) is 4. The van der Waals surface area contributed by atoms with Crippen LogP contribution >= 0.6 is 0 Å². The number of hydrogen-bond donors (Lipinski definition) is 6. The van der Waals surface area contributed by atoms with Crippen molar-refractivity contribution in [2.24, 2.45) is 0 Å². The molecule has 0 rings (SSSR count). The minimum atomic E-state index is -1.83. The molecular formula is C7H18O11. The third-order valence-electron chi connectivity index (χ3n) is 0.381. The van der Waals surface area contributed by atoms with Gasteiger partial charge in [-0.25, -0.2) is 24.6 Å². The molecule has 0 atom stereocenters. The second-order valence-corrected chi connectivity index (χ2v) is 2.20. The van der Waals surface area contributed by atoms with Crippen LogP contribution in [0.1, 0.15) is 20.8 Å². The Morgan fingerprint density at radius 1 is 1.00 bits per heavy atom. The molecule has 0 aromatic heterocycles. The smallest absolute Gasteiger partial charge is 0.450 e. The van der Waals surface area contributed by atoms with Gasteiger partial charge in [0.2, 0.25) is 0 Å². The first kappa shape index (κ1) is 25.3.